The van der Waals surface area contributed by atoms with E-state index in [2.05, 4.69) is 34.9 Å². The summed E-state index contributed by atoms with van der Waals surface area (Å²) < 4.78 is 11.7. The van der Waals surface area contributed by atoms with Crippen molar-refractivity contribution < 1.29 is 19.1 Å². The van der Waals surface area contributed by atoms with Crippen LogP contribution in [-0.2, 0) is 9.59 Å². The van der Waals surface area contributed by atoms with Crippen molar-refractivity contribution in [3.63, 3.8) is 0 Å². The van der Waals surface area contributed by atoms with Crippen molar-refractivity contribution in [2.45, 2.75) is 58.4 Å². The third kappa shape index (κ3) is 7.70. The molecule has 2 saturated heterocycles. The Morgan fingerprint density at radius 1 is 0.884 bits per heavy atom. The zero-order chi connectivity index (χ0) is 30.3. The summed E-state index contributed by atoms with van der Waals surface area (Å²) in [5, 5.41) is 6.90. The minimum atomic E-state index is -0.0283. The number of benzene rings is 1. The summed E-state index contributed by atoms with van der Waals surface area (Å²) in [6.07, 6.45) is 5.62. The fraction of sp³-hybridized carbons (Fsp3) is 0.727. The summed E-state index contributed by atoms with van der Waals surface area (Å²) in [4.78, 5) is 36.0. The largest absolute Gasteiger partial charge is 0.490 e. The molecule has 4 aliphatic rings. The molecule has 1 aromatic carbocycles. The first-order valence-corrected chi connectivity index (χ1v) is 16.6. The van der Waals surface area contributed by atoms with Gasteiger partial charge in [0.1, 0.15) is 0 Å². The number of likely N-dealkylation sites (tertiary alicyclic amines) is 1. The molecule has 1 saturated carbocycles. The first-order chi connectivity index (χ1) is 20.9. The molecule has 2 atom stereocenters. The van der Waals surface area contributed by atoms with E-state index < -0.39 is 0 Å². The summed E-state index contributed by atoms with van der Waals surface area (Å²) in [7, 11) is 4.22. The minimum Gasteiger partial charge on any atom is -0.490 e. The predicted octanol–water partition coefficient (Wildman–Crippen LogP) is 3.01. The standard InChI is InChI=1S/C33H52N6O4/c1-5-42-29-12-11-25(23-30(29)43-6-2)32-27-9-7-8-10-28(27)33(41)39(34-32)26-13-15-38(16-14-26)31(40)24-37-21-19-36(20-22-37)18-17-35(3)4/h11-12,23,26-28H,5-10,13-22,24H2,1-4H3. The highest BCUT2D eigenvalue weighted by molar-refractivity contribution is 6.07. The first-order valence-electron chi connectivity index (χ1n) is 16.6. The zero-order valence-electron chi connectivity index (χ0n) is 26.8. The fourth-order valence-corrected chi connectivity index (χ4v) is 7.07. The second-order valence-electron chi connectivity index (χ2n) is 12.7. The summed E-state index contributed by atoms with van der Waals surface area (Å²) in [5.41, 5.74) is 2.01. The lowest BCUT2D eigenvalue weighted by atomic mass is 9.73. The summed E-state index contributed by atoms with van der Waals surface area (Å²) in [6, 6.07) is 6.09. The summed E-state index contributed by atoms with van der Waals surface area (Å²) in [6.45, 7) is 13.0. The number of carbonyl (C=O) groups excluding carboxylic acids is 2. The SMILES string of the molecule is CCOc1ccc(C2=NN(C3CCN(C(=O)CN4CCN(CCN(C)C)CC4)CC3)C(=O)C3CCCCC23)cc1OCC. The van der Waals surface area contributed by atoms with Crippen molar-refractivity contribution >= 4 is 17.5 Å². The van der Waals surface area contributed by atoms with Crippen LogP contribution in [0.5, 0.6) is 11.5 Å². The second-order valence-corrected chi connectivity index (χ2v) is 12.7. The van der Waals surface area contributed by atoms with Gasteiger partial charge in [-0.3, -0.25) is 19.4 Å². The van der Waals surface area contributed by atoms with Crippen LogP contribution in [0.3, 0.4) is 0 Å². The number of hydrogen-bond donors (Lipinski definition) is 0. The topological polar surface area (TPSA) is 81.2 Å². The van der Waals surface area contributed by atoms with E-state index in [9.17, 15) is 9.59 Å². The number of carbonyl (C=O) groups is 2. The van der Waals surface area contributed by atoms with Gasteiger partial charge in [-0.05, 0) is 71.8 Å². The van der Waals surface area contributed by atoms with Crippen LogP contribution in [0, 0.1) is 11.8 Å². The van der Waals surface area contributed by atoms with Gasteiger partial charge in [0.2, 0.25) is 11.8 Å². The van der Waals surface area contributed by atoms with Crippen molar-refractivity contribution in [2.24, 2.45) is 16.9 Å². The maximum absolute atomic E-state index is 13.8. The molecule has 1 aromatic rings. The molecule has 2 amide bonds. The lowest BCUT2D eigenvalue weighted by Gasteiger charge is -2.43. The smallest absolute Gasteiger partial charge is 0.246 e. The fourth-order valence-electron chi connectivity index (χ4n) is 7.07. The van der Waals surface area contributed by atoms with Gasteiger partial charge in [0.25, 0.3) is 0 Å². The molecule has 43 heavy (non-hydrogen) atoms. The number of hydrogen-bond acceptors (Lipinski definition) is 8. The number of nitrogens with zero attached hydrogens (tertiary/aromatic N) is 6. The highest BCUT2D eigenvalue weighted by Crippen LogP contribution is 2.40. The Balaban J connectivity index is 1.23. The Kier molecular flexibility index (Phi) is 11.0. The van der Waals surface area contributed by atoms with Gasteiger partial charge in [0.15, 0.2) is 11.5 Å². The van der Waals surface area contributed by atoms with Crippen molar-refractivity contribution in [1.29, 1.82) is 0 Å². The van der Waals surface area contributed by atoms with Crippen molar-refractivity contribution in [1.82, 2.24) is 24.6 Å². The predicted molar refractivity (Wildman–Crippen MR) is 169 cm³/mol. The van der Waals surface area contributed by atoms with Gasteiger partial charge in [-0.15, -0.1) is 0 Å². The third-order valence-corrected chi connectivity index (χ3v) is 9.57. The van der Waals surface area contributed by atoms with E-state index in [1.54, 1.807) is 5.01 Å². The minimum absolute atomic E-state index is 0.0173. The number of piperidine rings is 1. The Morgan fingerprint density at radius 2 is 1.53 bits per heavy atom. The molecule has 3 fully saturated rings. The maximum atomic E-state index is 13.8. The Morgan fingerprint density at radius 3 is 2.21 bits per heavy atom. The van der Waals surface area contributed by atoms with Gasteiger partial charge >= 0.3 is 0 Å². The van der Waals surface area contributed by atoms with Gasteiger partial charge in [-0.25, -0.2) is 5.01 Å². The van der Waals surface area contributed by atoms with Crippen molar-refractivity contribution in [3.8, 4) is 11.5 Å². The van der Waals surface area contributed by atoms with Crippen molar-refractivity contribution in [3.05, 3.63) is 23.8 Å². The lowest BCUT2D eigenvalue weighted by molar-refractivity contribution is -0.143. The molecule has 10 heteroatoms. The summed E-state index contributed by atoms with van der Waals surface area (Å²) in [5.74, 6) is 1.94. The van der Waals surface area contributed by atoms with E-state index in [1.807, 2.05) is 30.9 Å². The van der Waals surface area contributed by atoms with Gasteiger partial charge in [-0.1, -0.05) is 12.8 Å². The van der Waals surface area contributed by atoms with E-state index in [4.69, 9.17) is 14.6 Å². The summed E-state index contributed by atoms with van der Waals surface area (Å²) >= 11 is 0. The molecular formula is C33H52N6O4. The molecule has 238 valence electrons. The number of hydrazone groups is 1. The monoisotopic (exact) mass is 596 g/mol. The Hall–Kier alpha value is -2.69. The van der Waals surface area contributed by atoms with E-state index in [-0.39, 0.29) is 29.7 Å². The van der Waals surface area contributed by atoms with Gasteiger partial charge in [-0.2, -0.15) is 5.10 Å². The number of likely N-dealkylation sites (N-methyl/N-ethyl adjacent to an activating group) is 1. The average Bonchev–Trinajstić information content (AvgIpc) is 3.02. The first kappa shape index (κ1) is 31.7. The molecule has 0 N–H and O–H groups in total. The number of fused-ring (bicyclic) bond motifs is 1. The lowest BCUT2D eigenvalue weighted by Crippen LogP contribution is -2.54. The van der Waals surface area contributed by atoms with Crippen LogP contribution >= 0.6 is 0 Å². The van der Waals surface area contributed by atoms with Crippen LogP contribution < -0.4 is 9.47 Å². The molecule has 10 nitrogen and oxygen atoms in total. The molecule has 5 rings (SSSR count). The third-order valence-electron chi connectivity index (χ3n) is 9.57. The molecular weight excluding hydrogens is 544 g/mol. The van der Waals surface area contributed by atoms with E-state index >= 15 is 0 Å². The zero-order valence-corrected chi connectivity index (χ0v) is 26.8. The van der Waals surface area contributed by atoms with Gasteiger partial charge in [0.05, 0.1) is 31.5 Å². The van der Waals surface area contributed by atoms with E-state index in [0.29, 0.717) is 32.8 Å². The Labute approximate surface area is 257 Å². The number of amides is 2. The number of rotatable bonds is 11. The van der Waals surface area contributed by atoms with Crippen LogP contribution in [0.25, 0.3) is 0 Å². The van der Waals surface area contributed by atoms with Crippen LogP contribution in [0.15, 0.2) is 23.3 Å². The molecule has 3 heterocycles. The van der Waals surface area contributed by atoms with E-state index in [1.165, 1.54) is 0 Å². The second kappa shape index (κ2) is 14.9. The molecule has 0 bridgehead atoms. The van der Waals surface area contributed by atoms with E-state index in [0.717, 1.165) is 101 Å². The normalized spacial score (nSPS) is 24.2. The Bertz CT molecular complexity index is 1130. The number of piperazine rings is 1. The number of ether oxygens (including phenoxy) is 2. The van der Waals surface area contributed by atoms with Gasteiger partial charge < -0.3 is 19.3 Å². The molecule has 0 radical (unpaired) electrons. The average molecular weight is 597 g/mol. The van der Waals surface area contributed by atoms with Gasteiger partial charge in [0, 0.05) is 69.8 Å². The molecule has 1 aliphatic carbocycles. The van der Waals surface area contributed by atoms with Crippen molar-refractivity contribution in [2.75, 3.05) is 86.2 Å². The highest BCUT2D eigenvalue weighted by Gasteiger charge is 2.44. The quantitative estimate of drug-likeness (QED) is 0.389. The molecule has 0 aromatic heterocycles. The molecule has 2 unspecified atom stereocenters. The maximum Gasteiger partial charge on any atom is 0.246 e. The highest BCUT2D eigenvalue weighted by atomic mass is 16.5. The molecule has 3 aliphatic heterocycles. The van der Waals surface area contributed by atoms with Crippen LogP contribution in [-0.4, -0.2) is 134 Å². The molecule has 0 spiro atoms. The van der Waals surface area contributed by atoms with Crippen LogP contribution in [0.1, 0.15) is 57.9 Å². The van der Waals surface area contributed by atoms with Crippen LogP contribution in [0.2, 0.25) is 0 Å². The van der Waals surface area contributed by atoms with Crippen LogP contribution in [0.4, 0.5) is 0 Å².